The molecule has 3 aromatic carbocycles. The molecule has 148 valence electrons. The second-order valence-corrected chi connectivity index (χ2v) is 6.42. The van der Waals surface area contributed by atoms with Crippen molar-refractivity contribution in [1.29, 1.82) is 0 Å². The molecule has 0 bridgehead atoms. The molecule has 6 nitrogen and oxygen atoms in total. The van der Waals surface area contributed by atoms with Gasteiger partial charge in [-0.25, -0.2) is 4.74 Å². The molecule has 0 aromatic heterocycles. The number of hydroxylamine groups is 1. The van der Waals surface area contributed by atoms with Gasteiger partial charge in [-0.3, -0.25) is 0 Å². The number of hydrogen-bond acceptors (Lipinski definition) is 5. The second kappa shape index (κ2) is 8.84. The van der Waals surface area contributed by atoms with Crippen LogP contribution in [0.3, 0.4) is 0 Å². The van der Waals surface area contributed by atoms with Crippen molar-refractivity contribution < 1.29 is 24.8 Å². The lowest BCUT2D eigenvalue weighted by Crippen LogP contribution is -2.06. The van der Waals surface area contributed by atoms with Crippen molar-refractivity contribution in [2.45, 2.75) is 6.54 Å². The monoisotopic (exact) mass is 391 g/mol. The van der Waals surface area contributed by atoms with Gasteiger partial charge < -0.3 is 25.3 Å². The third-order valence-corrected chi connectivity index (χ3v) is 4.32. The van der Waals surface area contributed by atoms with Gasteiger partial charge in [0, 0.05) is 0 Å². The van der Waals surface area contributed by atoms with E-state index in [9.17, 15) is 20.5 Å². The van der Waals surface area contributed by atoms with Crippen LogP contribution in [0.4, 0.5) is 0 Å². The maximum Gasteiger partial charge on any atom is 0.185 e. The third kappa shape index (κ3) is 5.07. The highest BCUT2D eigenvalue weighted by Crippen LogP contribution is 2.27. The Labute approximate surface area is 168 Å². The number of para-hydroxylation sites is 1. The Hall–Kier alpha value is -3.93. The molecule has 0 aliphatic heterocycles. The van der Waals surface area contributed by atoms with Crippen molar-refractivity contribution in [2.75, 3.05) is 7.11 Å². The predicted octanol–water partition coefficient (Wildman–Crippen LogP) is 4.11. The first kappa shape index (κ1) is 19.8. The summed E-state index contributed by atoms with van der Waals surface area (Å²) in [6, 6.07) is 16.5. The normalized spacial score (nSPS) is 11.7. The molecule has 3 aromatic rings. The maximum atomic E-state index is 12.3. The number of nitrogens with zero attached hydrogens (tertiary/aromatic N) is 1. The number of methoxy groups -OCH3 is 1. The summed E-state index contributed by atoms with van der Waals surface area (Å²) in [7, 11) is 1.48. The lowest BCUT2D eigenvalue weighted by Gasteiger charge is -2.07. The highest BCUT2D eigenvalue weighted by molar-refractivity contribution is 5.82. The van der Waals surface area contributed by atoms with E-state index in [-0.39, 0.29) is 23.8 Å². The van der Waals surface area contributed by atoms with E-state index in [2.05, 4.69) is 0 Å². The average molecular weight is 391 g/mol. The molecule has 0 unspecified atom stereocenters. The van der Waals surface area contributed by atoms with E-state index in [0.29, 0.717) is 21.6 Å². The number of rotatable bonds is 6. The van der Waals surface area contributed by atoms with Crippen molar-refractivity contribution in [3.8, 4) is 23.0 Å². The first-order chi connectivity index (χ1) is 14.0. The van der Waals surface area contributed by atoms with Crippen molar-refractivity contribution in [1.82, 2.24) is 0 Å². The van der Waals surface area contributed by atoms with Gasteiger partial charge in [0.25, 0.3) is 0 Å². The zero-order chi connectivity index (χ0) is 20.8. The molecule has 0 aliphatic rings. The van der Waals surface area contributed by atoms with Gasteiger partial charge in [0.1, 0.15) is 11.5 Å². The Bertz CT molecular complexity index is 1070. The quantitative estimate of drug-likeness (QED) is 0.193. The summed E-state index contributed by atoms with van der Waals surface area (Å²) >= 11 is 0. The number of phenolic OH excluding ortho intramolecular Hbond substituents is 3. The number of phenols is 3. The second-order valence-electron chi connectivity index (χ2n) is 6.42. The summed E-state index contributed by atoms with van der Waals surface area (Å²) in [5, 5.41) is 41.8. The van der Waals surface area contributed by atoms with Gasteiger partial charge in [-0.15, -0.1) is 0 Å². The summed E-state index contributed by atoms with van der Waals surface area (Å²) in [6.07, 6.45) is 4.93. The van der Waals surface area contributed by atoms with E-state index in [1.165, 1.54) is 25.5 Å². The Morgan fingerprint density at radius 2 is 1.52 bits per heavy atom. The average Bonchev–Trinajstić information content (AvgIpc) is 2.71. The number of hydrogen-bond donors (Lipinski definition) is 3. The minimum absolute atomic E-state index is 0.0217. The lowest BCUT2D eigenvalue weighted by atomic mass is 10.1. The third-order valence-electron chi connectivity index (χ3n) is 4.32. The van der Waals surface area contributed by atoms with Crippen LogP contribution in [0.5, 0.6) is 23.0 Å². The molecular formula is C23H21NO5. The zero-order valence-corrected chi connectivity index (χ0v) is 15.8. The van der Waals surface area contributed by atoms with Crippen LogP contribution in [0.2, 0.25) is 0 Å². The molecule has 0 spiro atoms. The minimum atomic E-state index is -0.0422. The Morgan fingerprint density at radius 1 is 0.862 bits per heavy atom. The fourth-order valence-electron chi connectivity index (χ4n) is 2.78. The minimum Gasteiger partial charge on any atom is -0.624 e. The first-order valence-corrected chi connectivity index (χ1v) is 8.90. The largest absolute Gasteiger partial charge is 0.624 e. The van der Waals surface area contributed by atoms with Gasteiger partial charge in [-0.1, -0.05) is 36.4 Å². The Balaban J connectivity index is 1.81. The standard InChI is InChI=1S/C23H21NO5/c1-29-23-13-17(9-11-22(23)27)7-6-16-8-10-21(26)19(12-16)15-24(28)14-18-4-2-3-5-20(18)25/h2-13,15,25-27H,14H2,1H3/b7-6+,24-15+. The fourth-order valence-corrected chi connectivity index (χ4v) is 2.78. The number of ether oxygens (including phenoxy) is 1. The van der Waals surface area contributed by atoms with Gasteiger partial charge in [0.05, 0.1) is 18.2 Å². The molecule has 0 aliphatic carbocycles. The van der Waals surface area contributed by atoms with E-state index in [1.54, 1.807) is 48.5 Å². The molecule has 0 saturated heterocycles. The topological polar surface area (TPSA) is 96.0 Å². The van der Waals surface area contributed by atoms with Crippen LogP contribution in [-0.2, 0) is 6.54 Å². The van der Waals surface area contributed by atoms with E-state index >= 15 is 0 Å². The molecule has 3 N–H and O–H groups in total. The molecule has 6 heteroatoms. The summed E-state index contributed by atoms with van der Waals surface area (Å²) in [5.74, 6) is 0.461. The number of aromatic hydroxyl groups is 3. The van der Waals surface area contributed by atoms with Crippen LogP contribution >= 0.6 is 0 Å². The highest BCUT2D eigenvalue weighted by Gasteiger charge is 2.07. The predicted molar refractivity (Wildman–Crippen MR) is 112 cm³/mol. The van der Waals surface area contributed by atoms with Crippen LogP contribution in [0, 0.1) is 5.21 Å². The molecule has 0 atom stereocenters. The summed E-state index contributed by atoms with van der Waals surface area (Å²) in [4.78, 5) is 0. The van der Waals surface area contributed by atoms with Gasteiger partial charge in [0.15, 0.2) is 24.3 Å². The molecule has 0 fully saturated rings. The molecule has 0 radical (unpaired) electrons. The number of benzene rings is 3. The van der Waals surface area contributed by atoms with Crippen molar-refractivity contribution >= 4 is 18.4 Å². The SMILES string of the molecule is COc1cc(/C=C/c2ccc(O)c(/C=[N+](/[O-])Cc3ccccc3O)c2)ccc1O. The van der Waals surface area contributed by atoms with Crippen LogP contribution in [0.25, 0.3) is 12.2 Å². The van der Waals surface area contributed by atoms with E-state index in [4.69, 9.17) is 4.74 Å². The van der Waals surface area contributed by atoms with Crippen LogP contribution in [0.1, 0.15) is 22.3 Å². The van der Waals surface area contributed by atoms with E-state index < -0.39 is 0 Å². The molecule has 0 amide bonds. The van der Waals surface area contributed by atoms with Gasteiger partial charge in [-0.2, -0.15) is 0 Å². The van der Waals surface area contributed by atoms with E-state index in [1.807, 2.05) is 12.2 Å². The summed E-state index contributed by atoms with van der Waals surface area (Å²) in [6.45, 7) is -0.0422. The van der Waals surface area contributed by atoms with Gasteiger partial charge >= 0.3 is 0 Å². The fraction of sp³-hybridized carbons (Fsp3) is 0.0870. The van der Waals surface area contributed by atoms with Crippen molar-refractivity contribution in [3.05, 3.63) is 88.1 Å². The van der Waals surface area contributed by atoms with Gasteiger partial charge in [-0.05, 0) is 47.5 Å². The smallest absolute Gasteiger partial charge is 0.185 e. The van der Waals surface area contributed by atoms with Crippen LogP contribution in [0.15, 0.2) is 60.7 Å². The van der Waals surface area contributed by atoms with Crippen molar-refractivity contribution in [2.24, 2.45) is 0 Å². The highest BCUT2D eigenvalue weighted by atomic mass is 16.5. The van der Waals surface area contributed by atoms with Gasteiger partial charge in [0.2, 0.25) is 0 Å². The molecular weight excluding hydrogens is 370 g/mol. The molecule has 29 heavy (non-hydrogen) atoms. The maximum absolute atomic E-state index is 12.3. The van der Waals surface area contributed by atoms with Crippen molar-refractivity contribution in [3.63, 3.8) is 0 Å². The summed E-state index contributed by atoms with van der Waals surface area (Å²) in [5.41, 5.74) is 2.46. The lowest BCUT2D eigenvalue weighted by molar-refractivity contribution is -0.469. The van der Waals surface area contributed by atoms with Crippen LogP contribution < -0.4 is 4.74 Å². The molecule has 0 heterocycles. The first-order valence-electron chi connectivity index (χ1n) is 8.90. The van der Waals surface area contributed by atoms with Crippen LogP contribution in [-0.4, -0.2) is 33.4 Å². The Kier molecular flexibility index (Phi) is 6.04. The summed E-state index contributed by atoms with van der Waals surface area (Å²) < 4.78 is 5.75. The molecule has 3 rings (SSSR count). The zero-order valence-electron chi connectivity index (χ0n) is 15.8. The Morgan fingerprint density at radius 3 is 2.21 bits per heavy atom. The van der Waals surface area contributed by atoms with E-state index in [0.717, 1.165) is 11.1 Å². The molecule has 0 saturated carbocycles.